The summed E-state index contributed by atoms with van der Waals surface area (Å²) < 4.78 is 10.7. The molecule has 4 saturated carbocycles. The lowest BCUT2D eigenvalue weighted by Gasteiger charge is -2.60. The molecule has 0 aromatic rings. The standard InChI is InChI=1S/C23H36O4/c1-14(24)27-16-9-11-22(2)15(13-16)5-6-17-18-7-8-20(21(25)26-4)23(18,3)12-10-19(17)22/h15-20H,5-13H2,1-4H3/t15-,16+,17+,18+,19+,20-,22-,23+/m0/s1. The van der Waals surface area contributed by atoms with E-state index in [4.69, 9.17) is 9.47 Å². The number of carbonyl (C=O) groups excluding carboxylic acids is 2. The van der Waals surface area contributed by atoms with Crippen LogP contribution in [0.2, 0.25) is 0 Å². The average Bonchev–Trinajstić information content (AvgIpc) is 2.98. The first-order chi connectivity index (χ1) is 12.8. The van der Waals surface area contributed by atoms with Gasteiger partial charge in [0.15, 0.2) is 0 Å². The molecule has 27 heavy (non-hydrogen) atoms. The molecule has 0 aromatic heterocycles. The lowest BCUT2D eigenvalue weighted by atomic mass is 9.44. The highest BCUT2D eigenvalue weighted by Gasteiger charge is 2.61. The first-order valence-corrected chi connectivity index (χ1v) is 11.0. The van der Waals surface area contributed by atoms with Crippen LogP contribution < -0.4 is 0 Å². The van der Waals surface area contributed by atoms with Crippen molar-refractivity contribution in [3.63, 3.8) is 0 Å². The van der Waals surface area contributed by atoms with Crippen molar-refractivity contribution in [3.8, 4) is 0 Å². The Kier molecular flexibility index (Phi) is 4.83. The number of ether oxygens (including phenoxy) is 2. The molecule has 0 heterocycles. The predicted octanol–water partition coefficient (Wildman–Crippen LogP) is 4.75. The van der Waals surface area contributed by atoms with Crippen LogP contribution in [0.1, 0.15) is 78.6 Å². The number of hydrogen-bond donors (Lipinski definition) is 0. The van der Waals surface area contributed by atoms with Gasteiger partial charge in [0, 0.05) is 6.92 Å². The Labute approximate surface area is 163 Å². The third-order valence-corrected chi connectivity index (χ3v) is 9.44. The molecule has 0 aliphatic heterocycles. The van der Waals surface area contributed by atoms with Crippen LogP contribution >= 0.6 is 0 Å². The quantitative estimate of drug-likeness (QED) is 0.653. The summed E-state index contributed by atoms with van der Waals surface area (Å²) in [4.78, 5) is 23.8. The maximum atomic E-state index is 12.4. The van der Waals surface area contributed by atoms with Crippen molar-refractivity contribution in [2.24, 2.45) is 40.4 Å². The van der Waals surface area contributed by atoms with Crippen molar-refractivity contribution in [2.75, 3.05) is 7.11 Å². The van der Waals surface area contributed by atoms with E-state index in [9.17, 15) is 9.59 Å². The second kappa shape index (κ2) is 6.77. The fourth-order valence-corrected chi connectivity index (χ4v) is 8.09. The smallest absolute Gasteiger partial charge is 0.309 e. The van der Waals surface area contributed by atoms with Crippen molar-refractivity contribution >= 4 is 11.9 Å². The molecule has 4 nitrogen and oxygen atoms in total. The van der Waals surface area contributed by atoms with Crippen LogP contribution in [0, 0.1) is 40.4 Å². The number of carbonyl (C=O) groups is 2. The van der Waals surface area contributed by atoms with Crippen LogP contribution in [0.4, 0.5) is 0 Å². The number of methoxy groups -OCH3 is 1. The summed E-state index contributed by atoms with van der Waals surface area (Å²) in [7, 11) is 1.54. The number of rotatable bonds is 2. The Morgan fingerprint density at radius 3 is 2.30 bits per heavy atom. The first kappa shape index (κ1) is 19.3. The topological polar surface area (TPSA) is 52.6 Å². The number of fused-ring (bicyclic) bond motifs is 5. The van der Waals surface area contributed by atoms with Gasteiger partial charge in [-0.15, -0.1) is 0 Å². The van der Waals surface area contributed by atoms with Crippen molar-refractivity contribution < 1.29 is 19.1 Å². The van der Waals surface area contributed by atoms with Crippen molar-refractivity contribution in [1.29, 1.82) is 0 Å². The molecule has 0 spiro atoms. The number of hydrogen-bond acceptors (Lipinski definition) is 4. The highest BCUT2D eigenvalue weighted by atomic mass is 16.5. The van der Waals surface area contributed by atoms with Gasteiger partial charge < -0.3 is 9.47 Å². The van der Waals surface area contributed by atoms with Crippen LogP contribution in [-0.4, -0.2) is 25.2 Å². The third kappa shape index (κ3) is 2.93. The van der Waals surface area contributed by atoms with Crippen LogP contribution in [0.3, 0.4) is 0 Å². The molecule has 0 bridgehead atoms. The molecule has 0 saturated heterocycles. The fourth-order valence-electron chi connectivity index (χ4n) is 8.09. The van der Waals surface area contributed by atoms with E-state index in [0.29, 0.717) is 17.3 Å². The van der Waals surface area contributed by atoms with E-state index in [1.54, 1.807) is 7.11 Å². The minimum absolute atomic E-state index is 0.0141. The minimum Gasteiger partial charge on any atom is -0.469 e. The highest BCUT2D eigenvalue weighted by Crippen LogP contribution is 2.67. The van der Waals surface area contributed by atoms with Crippen molar-refractivity contribution in [1.82, 2.24) is 0 Å². The van der Waals surface area contributed by atoms with Gasteiger partial charge in [-0.05, 0) is 92.3 Å². The SMILES string of the molecule is COC(=O)[C@@H]1CC[C@@H]2[C@H]3CC[C@H]4C[C@H](OC(C)=O)CC[C@]4(C)[C@@H]3CC[C@]21C. The molecular weight excluding hydrogens is 340 g/mol. The average molecular weight is 377 g/mol. The van der Waals surface area contributed by atoms with Crippen molar-refractivity contribution in [3.05, 3.63) is 0 Å². The Morgan fingerprint density at radius 1 is 0.889 bits per heavy atom. The van der Waals surface area contributed by atoms with Gasteiger partial charge in [-0.25, -0.2) is 0 Å². The molecule has 4 aliphatic rings. The third-order valence-electron chi connectivity index (χ3n) is 9.44. The molecular formula is C23H36O4. The molecule has 152 valence electrons. The first-order valence-electron chi connectivity index (χ1n) is 11.0. The molecule has 4 heteroatoms. The van der Waals surface area contributed by atoms with Gasteiger partial charge in [-0.2, -0.15) is 0 Å². The molecule has 0 amide bonds. The number of esters is 2. The normalized spacial score (nSPS) is 48.7. The maximum Gasteiger partial charge on any atom is 0.309 e. The monoisotopic (exact) mass is 376 g/mol. The summed E-state index contributed by atoms with van der Waals surface area (Å²) in [5.74, 6) is 2.85. The summed E-state index contributed by atoms with van der Waals surface area (Å²) in [5, 5.41) is 0. The van der Waals surface area contributed by atoms with Crippen LogP contribution in [0.15, 0.2) is 0 Å². The van der Waals surface area contributed by atoms with E-state index < -0.39 is 0 Å². The van der Waals surface area contributed by atoms with Crippen LogP contribution in [0.25, 0.3) is 0 Å². The van der Waals surface area contributed by atoms with Gasteiger partial charge in [-0.3, -0.25) is 9.59 Å². The molecule has 0 N–H and O–H groups in total. The van der Waals surface area contributed by atoms with E-state index in [-0.39, 0.29) is 29.4 Å². The second-order valence-corrected chi connectivity index (χ2v) is 10.4. The lowest BCUT2D eigenvalue weighted by molar-refractivity contribution is -0.164. The molecule has 0 radical (unpaired) electrons. The Balaban J connectivity index is 1.53. The van der Waals surface area contributed by atoms with E-state index >= 15 is 0 Å². The van der Waals surface area contributed by atoms with E-state index in [1.165, 1.54) is 39.0 Å². The summed E-state index contributed by atoms with van der Waals surface area (Å²) in [6.07, 6.45) is 10.5. The predicted molar refractivity (Wildman–Crippen MR) is 103 cm³/mol. The summed E-state index contributed by atoms with van der Waals surface area (Å²) in [6, 6.07) is 0. The molecule has 0 aromatic carbocycles. The summed E-state index contributed by atoms with van der Waals surface area (Å²) in [6.45, 7) is 6.42. The molecule has 4 rings (SSSR count). The Hall–Kier alpha value is -1.06. The molecule has 0 unspecified atom stereocenters. The van der Waals surface area contributed by atoms with Gasteiger partial charge in [-0.1, -0.05) is 13.8 Å². The van der Waals surface area contributed by atoms with E-state index in [0.717, 1.165) is 37.5 Å². The van der Waals surface area contributed by atoms with Crippen LogP contribution in [0.5, 0.6) is 0 Å². The zero-order chi connectivity index (χ0) is 19.4. The van der Waals surface area contributed by atoms with E-state index in [1.807, 2.05) is 0 Å². The van der Waals surface area contributed by atoms with Gasteiger partial charge in [0.2, 0.25) is 0 Å². The lowest BCUT2D eigenvalue weighted by Crippen LogP contribution is -2.54. The molecule has 4 fully saturated rings. The Morgan fingerprint density at radius 2 is 1.59 bits per heavy atom. The van der Waals surface area contributed by atoms with E-state index in [2.05, 4.69) is 13.8 Å². The maximum absolute atomic E-state index is 12.4. The highest BCUT2D eigenvalue weighted by molar-refractivity contribution is 5.73. The fraction of sp³-hybridized carbons (Fsp3) is 0.913. The van der Waals surface area contributed by atoms with Crippen LogP contribution in [-0.2, 0) is 19.1 Å². The zero-order valence-electron chi connectivity index (χ0n) is 17.5. The van der Waals surface area contributed by atoms with Gasteiger partial charge in [0.1, 0.15) is 6.10 Å². The zero-order valence-corrected chi connectivity index (χ0v) is 17.5. The Bertz CT molecular complexity index is 615. The summed E-state index contributed by atoms with van der Waals surface area (Å²) in [5.41, 5.74) is 0.511. The minimum atomic E-state index is -0.134. The van der Waals surface area contributed by atoms with Gasteiger partial charge in [0.25, 0.3) is 0 Å². The van der Waals surface area contributed by atoms with Gasteiger partial charge in [0.05, 0.1) is 13.0 Å². The molecule has 4 aliphatic carbocycles. The van der Waals surface area contributed by atoms with Crippen molar-refractivity contribution in [2.45, 2.75) is 84.7 Å². The molecule has 8 atom stereocenters. The second-order valence-electron chi connectivity index (χ2n) is 10.4. The largest absolute Gasteiger partial charge is 0.469 e. The summed E-state index contributed by atoms with van der Waals surface area (Å²) >= 11 is 0. The van der Waals surface area contributed by atoms with Gasteiger partial charge >= 0.3 is 11.9 Å².